The van der Waals surface area contributed by atoms with Crippen molar-refractivity contribution in [2.45, 2.75) is 20.8 Å². The summed E-state index contributed by atoms with van der Waals surface area (Å²) in [6, 6.07) is 14.8. The summed E-state index contributed by atoms with van der Waals surface area (Å²) in [7, 11) is 0. The molecule has 5 heteroatoms. The number of thioether (sulfide) groups is 4. The normalized spacial score (nSPS) is 17.7. The maximum atomic E-state index is 4.33. The van der Waals surface area contributed by atoms with Crippen molar-refractivity contribution in [3.8, 4) is 0 Å². The molecular formula is C22H19NS4. The van der Waals surface area contributed by atoms with E-state index in [4.69, 9.17) is 0 Å². The Kier molecular flexibility index (Phi) is 5.93. The largest absolute Gasteiger partial charge is 0.257 e. The molecule has 0 radical (unpaired) electrons. The predicted octanol–water partition coefficient (Wildman–Crippen LogP) is 8.28. The molecule has 136 valence electrons. The van der Waals surface area contributed by atoms with Crippen molar-refractivity contribution >= 4 is 64.1 Å². The zero-order valence-electron chi connectivity index (χ0n) is 15.4. The van der Waals surface area contributed by atoms with E-state index in [0.717, 1.165) is 5.69 Å². The monoisotopic (exact) mass is 425 g/mol. The molecule has 0 amide bonds. The fourth-order valence-corrected chi connectivity index (χ4v) is 8.10. The van der Waals surface area contributed by atoms with Gasteiger partial charge in [0.15, 0.2) is 0 Å². The van der Waals surface area contributed by atoms with Crippen molar-refractivity contribution in [2.24, 2.45) is 0 Å². The molecule has 1 nitrogen and oxygen atoms in total. The van der Waals surface area contributed by atoms with Gasteiger partial charge in [0, 0.05) is 16.0 Å². The number of hydrogen-bond donors (Lipinski definition) is 0. The average Bonchev–Trinajstić information content (AvgIpc) is 3.24. The quantitative estimate of drug-likeness (QED) is 0.489. The molecule has 2 aliphatic rings. The van der Waals surface area contributed by atoms with Gasteiger partial charge in [0.2, 0.25) is 0 Å². The lowest BCUT2D eigenvalue weighted by molar-refractivity contribution is 1.30. The predicted molar refractivity (Wildman–Crippen MR) is 128 cm³/mol. The van der Waals surface area contributed by atoms with E-state index in [-0.39, 0.29) is 0 Å². The van der Waals surface area contributed by atoms with Crippen molar-refractivity contribution in [2.75, 3.05) is 0 Å². The Morgan fingerprint density at radius 2 is 1.37 bits per heavy atom. The van der Waals surface area contributed by atoms with Crippen molar-refractivity contribution < 1.29 is 0 Å². The second-order valence-electron chi connectivity index (χ2n) is 6.19. The van der Waals surface area contributed by atoms with Gasteiger partial charge in [-0.3, -0.25) is 4.98 Å². The number of hydrogen-bond acceptors (Lipinski definition) is 5. The highest BCUT2D eigenvalue weighted by molar-refractivity contribution is 8.35. The Labute approximate surface area is 177 Å². The highest BCUT2D eigenvalue weighted by Crippen LogP contribution is 2.61. The van der Waals surface area contributed by atoms with Crippen molar-refractivity contribution in [1.82, 2.24) is 4.98 Å². The molecule has 0 aliphatic carbocycles. The van der Waals surface area contributed by atoms with Gasteiger partial charge in [0.05, 0.1) is 14.2 Å². The van der Waals surface area contributed by atoms with Crippen molar-refractivity contribution in [1.29, 1.82) is 0 Å². The van der Waals surface area contributed by atoms with E-state index in [0.29, 0.717) is 0 Å². The minimum Gasteiger partial charge on any atom is -0.257 e. The number of benzene rings is 1. The third kappa shape index (κ3) is 4.43. The number of rotatable bonds is 3. The van der Waals surface area contributed by atoms with Crippen LogP contribution in [0.4, 0.5) is 0 Å². The summed E-state index contributed by atoms with van der Waals surface area (Å²) in [4.78, 5) is 9.96. The van der Waals surface area contributed by atoms with Gasteiger partial charge in [-0.15, -0.1) is 0 Å². The fraction of sp³-hybridized carbons (Fsp3) is 0.136. The van der Waals surface area contributed by atoms with E-state index in [1.165, 1.54) is 39.2 Å². The highest BCUT2D eigenvalue weighted by Gasteiger charge is 2.26. The van der Waals surface area contributed by atoms with Crippen molar-refractivity contribution in [3.05, 3.63) is 88.7 Å². The second-order valence-corrected chi connectivity index (χ2v) is 11.4. The van der Waals surface area contributed by atoms with Crippen LogP contribution < -0.4 is 0 Å². The van der Waals surface area contributed by atoms with E-state index in [2.05, 4.69) is 62.2 Å². The summed E-state index contributed by atoms with van der Waals surface area (Å²) in [6.45, 7) is 6.65. The van der Waals surface area contributed by atoms with Gasteiger partial charge in [-0.25, -0.2) is 0 Å². The molecule has 0 N–H and O–H groups in total. The van der Waals surface area contributed by atoms with E-state index in [1.54, 1.807) is 0 Å². The zero-order chi connectivity index (χ0) is 18.8. The smallest absolute Gasteiger partial charge is 0.0703 e. The number of pyridine rings is 1. The maximum absolute atomic E-state index is 4.33. The minimum atomic E-state index is 0.977. The molecule has 0 bridgehead atoms. The Morgan fingerprint density at radius 1 is 0.704 bits per heavy atom. The summed E-state index contributed by atoms with van der Waals surface area (Å²) in [5.74, 6) is 0. The lowest BCUT2D eigenvalue weighted by Gasteiger charge is -2.04. The summed E-state index contributed by atoms with van der Waals surface area (Å²) < 4.78 is 2.86. The van der Waals surface area contributed by atoms with Crippen LogP contribution in [0.2, 0.25) is 0 Å². The lowest BCUT2D eigenvalue weighted by atomic mass is 10.1. The van der Waals surface area contributed by atoms with Crippen LogP contribution in [0, 0.1) is 0 Å². The minimum absolute atomic E-state index is 0.977. The Hall–Kier alpha value is -1.27. The van der Waals surface area contributed by atoms with Crippen LogP contribution in [-0.2, 0) is 0 Å². The van der Waals surface area contributed by atoms with Gasteiger partial charge < -0.3 is 0 Å². The van der Waals surface area contributed by atoms with Crippen LogP contribution in [0.25, 0.3) is 17.1 Å². The number of nitrogens with zero attached hydrogens (tertiary/aromatic N) is 1. The Balaban J connectivity index is 1.49. The first-order valence-electron chi connectivity index (χ1n) is 8.64. The standard InChI is InChI=1S/C22H19NS4/c1-14-15(2)25-21(24-14)22-26-16(3)20(27-22)18-10-7-17(8-11-18)9-12-19-6-4-5-13-23-19/h4-13H,1-3H3/b12-9+. The third-order valence-electron chi connectivity index (χ3n) is 4.22. The van der Waals surface area contributed by atoms with Crippen molar-refractivity contribution in [3.63, 3.8) is 0 Å². The number of aromatic nitrogens is 1. The van der Waals surface area contributed by atoms with Crippen LogP contribution in [0.3, 0.4) is 0 Å². The highest BCUT2D eigenvalue weighted by atomic mass is 32.2. The zero-order valence-corrected chi connectivity index (χ0v) is 18.6. The third-order valence-corrected chi connectivity index (χ3v) is 10.0. The maximum Gasteiger partial charge on any atom is 0.0703 e. The Bertz CT molecular complexity index is 967. The van der Waals surface area contributed by atoms with Crippen LogP contribution in [-0.4, -0.2) is 4.98 Å². The summed E-state index contributed by atoms with van der Waals surface area (Å²) in [5, 5.41) is 0. The van der Waals surface area contributed by atoms with Gasteiger partial charge >= 0.3 is 0 Å². The summed E-state index contributed by atoms with van der Waals surface area (Å²) >= 11 is 7.66. The molecule has 0 fully saturated rings. The molecule has 0 saturated carbocycles. The average molecular weight is 426 g/mol. The first kappa shape index (κ1) is 19.1. The van der Waals surface area contributed by atoms with Gasteiger partial charge in [-0.05, 0) is 59.9 Å². The molecule has 3 heterocycles. The molecule has 2 aliphatic heterocycles. The van der Waals surface area contributed by atoms with E-state index in [1.807, 2.05) is 71.4 Å². The second kappa shape index (κ2) is 8.39. The molecule has 27 heavy (non-hydrogen) atoms. The summed E-state index contributed by atoms with van der Waals surface area (Å²) in [6.07, 6.45) is 5.98. The SMILES string of the molecule is CC1=C(C)SC(=C2SC(C)=C(c3ccc(/C=C/c4ccccn4)cc3)S2)S1. The molecule has 1 aromatic carbocycles. The molecule has 2 aromatic rings. The van der Waals surface area contributed by atoms with Crippen LogP contribution in [0.15, 0.2) is 71.9 Å². The van der Waals surface area contributed by atoms with Gasteiger partial charge in [0.25, 0.3) is 0 Å². The van der Waals surface area contributed by atoms with Gasteiger partial charge in [-0.2, -0.15) is 0 Å². The first-order valence-corrected chi connectivity index (χ1v) is 11.9. The van der Waals surface area contributed by atoms with E-state index in [9.17, 15) is 0 Å². The van der Waals surface area contributed by atoms with Crippen LogP contribution >= 0.6 is 47.0 Å². The first-order chi connectivity index (χ1) is 13.1. The molecule has 4 rings (SSSR count). The topological polar surface area (TPSA) is 12.9 Å². The molecule has 0 spiro atoms. The summed E-state index contributed by atoms with van der Waals surface area (Å²) in [5.41, 5.74) is 3.46. The molecule has 0 saturated heterocycles. The number of allylic oxidation sites excluding steroid dienone is 3. The van der Waals surface area contributed by atoms with Gasteiger partial charge in [0.1, 0.15) is 0 Å². The van der Waals surface area contributed by atoms with Gasteiger partial charge in [-0.1, -0.05) is 83.5 Å². The molecule has 0 unspecified atom stereocenters. The lowest BCUT2D eigenvalue weighted by Crippen LogP contribution is -1.81. The Morgan fingerprint density at radius 3 is 2.04 bits per heavy atom. The molecular weight excluding hydrogens is 407 g/mol. The van der Waals surface area contributed by atoms with E-state index < -0.39 is 0 Å². The van der Waals surface area contributed by atoms with Crippen LogP contribution in [0.5, 0.6) is 0 Å². The molecule has 1 aromatic heterocycles. The molecule has 0 atom stereocenters. The fourth-order valence-electron chi connectivity index (χ4n) is 2.64. The van der Waals surface area contributed by atoms with E-state index >= 15 is 0 Å². The van der Waals surface area contributed by atoms with Crippen LogP contribution in [0.1, 0.15) is 37.6 Å².